The van der Waals surface area contributed by atoms with E-state index in [9.17, 15) is 0 Å². The van der Waals surface area contributed by atoms with Gasteiger partial charge in [0, 0.05) is 0 Å². The minimum Gasteiger partial charge on any atom is -0.365 e. The van der Waals surface area contributed by atoms with E-state index in [0.717, 1.165) is 0 Å². The quantitative estimate of drug-likeness (QED) is 0.502. The molecule has 1 saturated carbocycles. The van der Waals surface area contributed by atoms with Crippen molar-refractivity contribution in [2.45, 2.75) is 30.0 Å². The molecule has 0 aromatic carbocycles. The van der Waals surface area contributed by atoms with Crippen molar-refractivity contribution in [2.24, 2.45) is 0 Å². The maximum Gasteiger partial charge on any atom is 0.106 e. The van der Waals surface area contributed by atoms with Crippen LogP contribution in [0, 0.1) is 0 Å². The molecule has 0 aromatic heterocycles. The standard InChI is InChI=1S/C5H9IO/c1-4(6)7-5-2-3-5/h4-5H,2-3H2,1H3. The summed E-state index contributed by atoms with van der Waals surface area (Å²) in [5, 5.41) is 0. The fraction of sp³-hybridized carbons (Fsp3) is 1.00. The fourth-order valence-electron chi connectivity index (χ4n) is 0.469. The zero-order chi connectivity index (χ0) is 5.28. The summed E-state index contributed by atoms with van der Waals surface area (Å²) in [6.45, 7) is 2.07. The van der Waals surface area contributed by atoms with Crippen LogP contribution in [0.4, 0.5) is 0 Å². The molecule has 1 rings (SSSR count). The van der Waals surface area contributed by atoms with E-state index in [1.807, 2.05) is 0 Å². The normalized spacial score (nSPS) is 24.9. The molecule has 0 aromatic rings. The van der Waals surface area contributed by atoms with Crippen LogP contribution in [0.3, 0.4) is 0 Å². The van der Waals surface area contributed by atoms with Crippen LogP contribution in [0.1, 0.15) is 19.8 Å². The van der Waals surface area contributed by atoms with Crippen molar-refractivity contribution in [3.05, 3.63) is 0 Å². The van der Waals surface area contributed by atoms with Gasteiger partial charge < -0.3 is 4.74 Å². The number of rotatable bonds is 2. The molecule has 1 aliphatic carbocycles. The molecule has 42 valence electrons. The van der Waals surface area contributed by atoms with Gasteiger partial charge in [0.15, 0.2) is 0 Å². The molecule has 1 atom stereocenters. The molecule has 1 aliphatic rings. The van der Waals surface area contributed by atoms with Gasteiger partial charge in [-0.3, -0.25) is 0 Å². The molecule has 1 nitrogen and oxygen atoms in total. The zero-order valence-corrected chi connectivity index (χ0v) is 6.51. The van der Waals surface area contributed by atoms with Crippen LogP contribution in [-0.4, -0.2) is 10.2 Å². The molecule has 0 saturated heterocycles. The fourth-order valence-corrected chi connectivity index (χ4v) is 0.885. The lowest BCUT2D eigenvalue weighted by molar-refractivity contribution is 0.120. The van der Waals surface area contributed by atoms with Crippen molar-refractivity contribution < 1.29 is 4.74 Å². The first-order valence-corrected chi connectivity index (χ1v) is 3.83. The van der Waals surface area contributed by atoms with Gasteiger partial charge in [-0.05, 0) is 19.8 Å². The molecule has 1 fully saturated rings. The predicted molar refractivity (Wildman–Crippen MR) is 37.6 cm³/mol. The monoisotopic (exact) mass is 212 g/mol. The maximum atomic E-state index is 5.35. The van der Waals surface area contributed by atoms with E-state index in [1.165, 1.54) is 12.8 Å². The van der Waals surface area contributed by atoms with E-state index in [4.69, 9.17) is 4.74 Å². The van der Waals surface area contributed by atoms with Crippen molar-refractivity contribution in [3.63, 3.8) is 0 Å². The first-order chi connectivity index (χ1) is 3.29. The highest BCUT2D eigenvalue weighted by Crippen LogP contribution is 2.26. The average molecular weight is 212 g/mol. The molecule has 0 N–H and O–H groups in total. The third-order valence-electron chi connectivity index (χ3n) is 0.904. The lowest BCUT2D eigenvalue weighted by Crippen LogP contribution is -1.98. The van der Waals surface area contributed by atoms with Gasteiger partial charge in [-0.15, -0.1) is 0 Å². The minimum absolute atomic E-state index is 0.407. The molecule has 0 radical (unpaired) electrons. The van der Waals surface area contributed by atoms with Gasteiger partial charge in [-0.2, -0.15) is 0 Å². The number of halogens is 1. The van der Waals surface area contributed by atoms with Gasteiger partial charge in [0.1, 0.15) is 4.11 Å². The third kappa shape index (κ3) is 2.49. The topological polar surface area (TPSA) is 9.23 Å². The molecule has 0 amide bonds. The van der Waals surface area contributed by atoms with Crippen LogP contribution in [0.5, 0.6) is 0 Å². The van der Waals surface area contributed by atoms with E-state index in [2.05, 4.69) is 29.5 Å². The molecule has 0 aliphatic heterocycles. The van der Waals surface area contributed by atoms with E-state index < -0.39 is 0 Å². The maximum absolute atomic E-state index is 5.35. The lowest BCUT2D eigenvalue weighted by atomic mass is 10.8. The molecule has 1 unspecified atom stereocenters. The van der Waals surface area contributed by atoms with Crippen LogP contribution in [-0.2, 0) is 4.74 Å². The van der Waals surface area contributed by atoms with Crippen molar-refractivity contribution in [3.8, 4) is 0 Å². The van der Waals surface area contributed by atoms with Gasteiger partial charge in [0.05, 0.1) is 6.10 Å². The second-order valence-electron chi connectivity index (χ2n) is 1.88. The first kappa shape index (κ1) is 5.82. The van der Waals surface area contributed by atoms with Gasteiger partial charge in [-0.1, -0.05) is 22.6 Å². The number of alkyl halides is 1. The highest BCUT2D eigenvalue weighted by molar-refractivity contribution is 14.1. The summed E-state index contributed by atoms with van der Waals surface area (Å²) >= 11 is 2.28. The average Bonchev–Trinajstić information content (AvgIpc) is 2.17. The van der Waals surface area contributed by atoms with Gasteiger partial charge in [-0.25, -0.2) is 0 Å². The molecular weight excluding hydrogens is 203 g/mol. The second-order valence-corrected chi connectivity index (χ2v) is 3.63. The summed E-state index contributed by atoms with van der Waals surface area (Å²) in [6.07, 6.45) is 3.19. The molecular formula is C5H9IO. The van der Waals surface area contributed by atoms with Crippen molar-refractivity contribution in [2.75, 3.05) is 0 Å². The van der Waals surface area contributed by atoms with E-state index in [-0.39, 0.29) is 0 Å². The lowest BCUT2D eigenvalue weighted by Gasteiger charge is -2.00. The smallest absolute Gasteiger partial charge is 0.106 e. The summed E-state index contributed by atoms with van der Waals surface area (Å²) in [4.78, 5) is 0. The van der Waals surface area contributed by atoms with Crippen LogP contribution < -0.4 is 0 Å². The van der Waals surface area contributed by atoms with Crippen LogP contribution in [0.15, 0.2) is 0 Å². The minimum atomic E-state index is 0.407. The Labute approximate surface area is 57.6 Å². The van der Waals surface area contributed by atoms with Crippen LogP contribution in [0.25, 0.3) is 0 Å². The summed E-state index contributed by atoms with van der Waals surface area (Å²) in [5.74, 6) is 0. The highest BCUT2D eigenvalue weighted by atomic mass is 127. The largest absolute Gasteiger partial charge is 0.365 e. The number of hydrogen-bond donors (Lipinski definition) is 0. The Kier molecular flexibility index (Phi) is 1.92. The Balaban J connectivity index is 1.97. The second kappa shape index (κ2) is 2.31. The SMILES string of the molecule is CC(I)OC1CC1. The van der Waals surface area contributed by atoms with Crippen molar-refractivity contribution in [1.29, 1.82) is 0 Å². The molecule has 0 heterocycles. The first-order valence-electron chi connectivity index (χ1n) is 2.58. The summed E-state index contributed by atoms with van der Waals surface area (Å²) in [7, 11) is 0. The van der Waals surface area contributed by atoms with Gasteiger partial charge in [0.2, 0.25) is 0 Å². The number of hydrogen-bond acceptors (Lipinski definition) is 1. The van der Waals surface area contributed by atoms with Crippen LogP contribution in [0.2, 0.25) is 0 Å². The molecule has 0 spiro atoms. The van der Waals surface area contributed by atoms with Crippen molar-refractivity contribution in [1.82, 2.24) is 0 Å². The summed E-state index contributed by atoms with van der Waals surface area (Å²) < 4.78 is 5.76. The van der Waals surface area contributed by atoms with Gasteiger partial charge in [0.25, 0.3) is 0 Å². The Morgan fingerprint density at radius 1 is 1.71 bits per heavy atom. The van der Waals surface area contributed by atoms with E-state index in [1.54, 1.807) is 0 Å². The Hall–Kier alpha value is 0.690. The third-order valence-corrected chi connectivity index (χ3v) is 1.20. The van der Waals surface area contributed by atoms with E-state index in [0.29, 0.717) is 10.2 Å². The summed E-state index contributed by atoms with van der Waals surface area (Å²) in [6, 6.07) is 0. The number of ether oxygens (including phenoxy) is 1. The molecule has 2 heteroatoms. The van der Waals surface area contributed by atoms with E-state index >= 15 is 0 Å². The van der Waals surface area contributed by atoms with Gasteiger partial charge >= 0.3 is 0 Å². The summed E-state index contributed by atoms with van der Waals surface area (Å²) in [5.41, 5.74) is 0. The highest BCUT2D eigenvalue weighted by Gasteiger charge is 2.23. The molecule has 0 bridgehead atoms. The Morgan fingerprint density at radius 3 is 2.43 bits per heavy atom. The zero-order valence-electron chi connectivity index (χ0n) is 4.36. The van der Waals surface area contributed by atoms with Crippen molar-refractivity contribution >= 4 is 22.6 Å². The Morgan fingerprint density at radius 2 is 2.29 bits per heavy atom. The molecule has 7 heavy (non-hydrogen) atoms. The Bertz CT molecular complexity index is 59.1. The van der Waals surface area contributed by atoms with Crippen LogP contribution >= 0.6 is 22.6 Å². The predicted octanol–water partition coefficient (Wildman–Crippen LogP) is 1.95.